The Balaban J connectivity index is 2.06. The molecule has 0 saturated carbocycles. The molecule has 2 N–H and O–H groups in total. The number of piperazine rings is 1. The molecule has 1 aromatic heterocycles. The smallest absolute Gasteiger partial charge is 0.0572 e. The summed E-state index contributed by atoms with van der Waals surface area (Å²) < 4.78 is 0. The summed E-state index contributed by atoms with van der Waals surface area (Å²) in [6.45, 7) is 7.60. The fraction of sp³-hybridized carbons (Fsp3) is 0.643. The van der Waals surface area contributed by atoms with Gasteiger partial charge in [-0.3, -0.25) is 4.98 Å². The Morgan fingerprint density at radius 3 is 2.78 bits per heavy atom. The molecule has 0 aromatic carbocycles. The zero-order valence-electron chi connectivity index (χ0n) is 11.6. The van der Waals surface area contributed by atoms with Gasteiger partial charge in [-0.05, 0) is 32.5 Å². The second-order valence-corrected chi connectivity index (χ2v) is 5.23. The summed E-state index contributed by atoms with van der Waals surface area (Å²) in [5.74, 6) is 0. The van der Waals surface area contributed by atoms with E-state index in [0.29, 0.717) is 6.04 Å². The van der Waals surface area contributed by atoms with E-state index in [4.69, 9.17) is 5.73 Å². The molecule has 0 radical (unpaired) electrons. The molecule has 1 aliphatic heterocycles. The molecule has 0 aliphatic carbocycles. The number of nitrogens with zero attached hydrogens (tertiary/aromatic N) is 3. The summed E-state index contributed by atoms with van der Waals surface area (Å²) in [6, 6.07) is 4.87. The molecule has 1 saturated heterocycles. The highest BCUT2D eigenvalue weighted by Crippen LogP contribution is 2.19. The first-order valence-electron chi connectivity index (χ1n) is 6.78. The van der Waals surface area contributed by atoms with Crippen LogP contribution in [-0.2, 0) is 0 Å². The van der Waals surface area contributed by atoms with Crippen molar-refractivity contribution in [3.8, 4) is 0 Å². The molecule has 18 heavy (non-hydrogen) atoms. The van der Waals surface area contributed by atoms with Crippen molar-refractivity contribution in [1.82, 2.24) is 9.88 Å². The number of nitrogens with two attached hydrogens (primary N) is 1. The molecule has 4 nitrogen and oxygen atoms in total. The molecule has 1 aromatic rings. The van der Waals surface area contributed by atoms with Crippen molar-refractivity contribution in [3.63, 3.8) is 0 Å². The zero-order chi connectivity index (χ0) is 13.1. The zero-order valence-corrected chi connectivity index (χ0v) is 11.6. The third kappa shape index (κ3) is 2.82. The van der Waals surface area contributed by atoms with Crippen LogP contribution in [0.1, 0.15) is 32.0 Å². The van der Waals surface area contributed by atoms with Gasteiger partial charge in [0.15, 0.2) is 0 Å². The number of rotatable bonds is 3. The largest absolute Gasteiger partial charge is 0.367 e. The van der Waals surface area contributed by atoms with Crippen molar-refractivity contribution < 1.29 is 0 Å². The van der Waals surface area contributed by atoms with Gasteiger partial charge in [-0.25, -0.2) is 0 Å². The van der Waals surface area contributed by atoms with Crippen LogP contribution in [0.4, 0.5) is 5.69 Å². The van der Waals surface area contributed by atoms with Gasteiger partial charge in [0.05, 0.1) is 17.6 Å². The van der Waals surface area contributed by atoms with Crippen LogP contribution < -0.4 is 10.6 Å². The molecular formula is C14H24N4. The summed E-state index contributed by atoms with van der Waals surface area (Å²) in [4.78, 5) is 9.28. The number of pyridine rings is 1. The first-order valence-corrected chi connectivity index (χ1v) is 6.78. The summed E-state index contributed by atoms with van der Waals surface area (Å²) in [6.07, 6.45) is 2.89. The normalized spacial score (nSPS) is 23.1. The Morgan fingerprint density at radius 2 is 2.22 bits per heavy atom. The number of hydrogen-bond donors (Lipinski definition) is 1. The monoisotopic (exact) mass is 248 g/mol. The Hall–Kier alpha value is -1.13. The number of likely N-dealkylation sites (N-methyl/N-ethyl adjacent to an activating group) is 1. The van der Waals surface area contributed by atoms with E-state index >= 15 is 0 Å². The molecule has 1 aliphatic rings. The van der Waals surface area contributed by atoms with Crippen LogP contribution in [0.3, 0.4) is 0 Å². The van der Waals surface area contributed by atoms with Crippen LogP contribution in [0.5, 0.6) is 0 Å². The fourth-order valence-electron chi connectivity index (χ4n) is 2.30. The molecule has 100 valence electrons. The van der Waals surface area contributed by atoms with E-state index in [0.717, 1.165) is 31.7 Å². The molecule has 2 rings (SSSR count). The maximum Gasteiger partial charge on any atom is 0.0572 e. The minimum atomic E-state index is 0.0606. The predicted octanol–water partition coefficient (Wildman–Crippen LogP) is 1.63. The minimum absolute atomic E-state index is 0.0606. The van der Waals surface area contributed by atoms with E-state index in [1.807, 2.05) is 6.20 Å². The van der Waals surface area contributed by atoms with E-state index < -0.39 is 0 Å². The minimum Gasteiger partial charge on any atom is -0.367 e. The van der Waals surface area contributed by atoms with Gasteiger partial charge in [-0.15, -0.1) is 0 Å². The third-order valence-electron chi connectivity index (χ3n) is 3.92. The summed E-state index contributed by atoms with van der Waals surface area (Å²) >= 11 is 0. The lowest BCUT2D eigenvalue weighted by Gasteiger charge is -2.38. The van der Waals surface area contributed by atoms with Crippen molar-refractivity contribution in [2.45, 2.75) is 32.4 Å². The second kappa shape index (κ2) is 5.67. The molecule has 4 heteroatoms. The van der Waals surface area contributed by atoms with Gasteiger partial charge < -0.3 is 15.5 Å². The van der Waals surface area contributed by atoms with Gasteiger partial charge in [0.1, 0.15) is 0 Å². The van der Waals surface area contributed by atoms with Gasteiger partial charge in [0, 0.05) is 31.7 Å². The van der Waals surface area contributed by atoms with Crippen LogP contribution in [0.2, 0.25) is 0 Å². The standard InChI is InChI=1S/C14H24N4/c1-4-13(15)14-6-5-12(9-16-14)18-8-7-17(3)11(2)10-18/h5-6,9,11,13H,4,7-8,10,15H2,1-3H3/t11?,13-/m0/s1. The lowest BCUT2D eigenvalue weighted by Crippen LogP contribution is -2.50. The fourth-order valence-corrected chi connectivity index (χ4v) is 2.30. The van der Waals surface area contributed by atoms with E-state index in [2.05, 4.69) is 47.8 Å². The van der Waals surface area contributed by atoms with Crippen molar-refractivity contribution in [2.75, 3.05) is 31.6 Å². The summed E-state index contributed by atoms with van der Waals surface area (Å²) in [7, 11) is 2.18. The molecule has 1 unspecified atom stereocenters. The Bertz CT molecular complexity index is 376. The number of aromatic nitrogens is 1. The van der Waals surface area contributed by atoms with Crippen molar-refractivity contribution in [3.05, 3.63) is 24.0 Å². The highest BCUT2D eigenvalue weighted by atomic mass is 15.3. The molecular weight excluding hydrogens is 224 g/mol. The summed E-state index contributed by atoms with van der Waals surface area (Å²) in [5.41, 5.74) is 8.18. The van der Waals surface area contributed by atoms with Crippen LogP contribution in [0, 0.1) is 0 Å². The highest BCUT2D eigenvalue weighted by Gasteiger charge is 2.20. The van der Waals surface area contributed by atoms with E-state index in [1.54, 1.807) is 0 Å². The topological polar surface area (TPSA) is 45.4 Å². The van der Waals surface area contributed by atoms with Crippen molar-refractivity contribution >= 4 is 5.69 Å². The van der Waals surface area contributed by atoms with E-state index in [9.17, 15) is 0 Å². The first kappa shape index (κ1) is 13.3. The van der Waals surface area contributed by atoms with Crippen LogP contribution in [-0.4, -0.2) is 42.6 Å². The lowest BCUT2D eigenvalue weighted by atomic mass is 10.1. The van der Waals surface area contributed by atoms with Crippen molar-refractivity contribution in [2.24, 2.45) is 5.73 Å². The van der Waals surface area contributed by atoms with Crippen LogP contribution in [0.15, 0.2) is 18.3 Å². The first-order chi connectivity index (χ1) is 8.61. The molecule has 2 heterocycles. The molecule has 0 amide bonds. The maximum atomic E-state index is 5.98. The Kier molecular flexibility index (Phi) is 4.19. The van der Waals surface area contributed by atoms with Gasteiger partial charge in [-0.1, -0.05) is 6.92 Å². The Morgan fingerprint density at radius 1 is 1.44 bits per heavy atom. The van der Waals surface area contributed by atoms with E-state index in [1.165, 1.54) is 5.69 Å². The number of hydrogen-bond acceptors (Lipinski definition) is 4. The van der Waals surface area contributed by atoms with Crippen molar-refractivity contribution in [1.29, 1.82) is 0 Å². The maximum absolute atomic E-state index is 5.98. The van der Waals surface area contributed by atoms with Crippen LogP contribution >= 0.6 is 0 Å². The Labute approximate surface area is 110 Å². The van der Waals surface area contributed by atoms with E-state index in [-0.39, 0.29) is 6.04 Å². The molecule has 0 bridgehead atoms. The van der Waals surface area contributed by atoms with Gasteiger partial charge in [0.2, 0.25) is 0 Å². The third-order valence-corrected chi connectivity index (χ3v) is 3.92. The molecule has 2 atom stereocenters. The quantitative estimate of drug-likeness (QED) is 0.883. The van der Waals surface area contributed by atoms with Gasteiger partial charge >= 0.3 is 0 Å². The molecule has 0 spiro atoms. The average molecular weight is 248 g/mol. The molecule has 1 fully saturated rings. The predicted molar refractivity (Wildman–Crippen MR) is 75.8 cm³/mol. The lowest BCUT2D eigenvalue weighted by molar-refractivity contribution is 0.234. The van der Waals surface area contributed by atoms with Gasteiger partial charge in [-0.2, -0.15) is 0 Å². The average Bonchev–Trinajstić information content (AvgIpc) is 2.41. The highest BCUT2D eigenvalue weighted by molar-refractivity contribution is 5.45. The number of anilines is 1. The van der Waals surface area contributed by atoms with Crippen LogP contribution in [0.25, 0.3) is 0 Å². The SMILES string of the molecule is CC[C@H](N)c1ccc(N2CCN(C)C(C)C2)cn1. The second-order valence-electron chi connectivity index (χ2n) is 5.23. The summed E-state index contributed by atoms with van der Waals surface area (Å²) in [5, 5.41) is 0. The van der Waals surface area contributed by atoms with Gasteiger partial charge in [0.25, 0.3) is 0 Å².